The van der Waals surface area contributed by atoms with Crippen LogP contribution in [0.2, 0.25) is 5.02 Å². The SMILES string of the molecule is O=C(NN=Cc1ccc(Cl)c([N+](=O)[O-])c1)c1ccc(CN2C(=O)c3cccc4cccc2c34)cc1. The van der Waals surface area contributed by atoms with E-state index < -0.39 is 10.8 Å². The number of benzene rings is 4. The molecule has 8 nitrogen and oxygen atoms in total. The molecule has 0 atom stereocenters. The second-order valence-electron chi connectivity index (χ2n) is 7.94. The maximum atomic E-state index is 13.0. The van der Waals surface area contributed by atoms with Gasteiger partial charge in [0.1, 0.15) is 5.02 Å². The first-order valence-corrected chi connectivity index (χ1v) is 11.0. The van der Waals surface area contributed by atoms with Crippen molar-refractivity contribution in [3.63, 3.8) is 0 Å². The molecule has 0 unspecified atom stereocenters. The monoisotopic (exact) mass is 484 g/mol. The van der Waals surface area contributed by atoms with Crippen LogP contribution in [0, 0.1) is 10.1 Å². The number of amides is 2. The molecule has 1 heterocycles. The van der Waals surface area contributed by atoms with Crippen molar-refractivity contribution >= 4 is 51.8 Å². The maximum Gasteiger partial charge on any atom is 0.288 e. The van der Waals surface area contributed by atoms with E-state index in [0.29, 0.717) is 23.2 Å². The summed E-state index contributed by atoms with van der Waals surface area (Å²) in [7, 11) is 0. The lowest BCUT2D eigenvalue weighted by Crippen LogP contribution is -2.26. The highest BCUT2D eigenvalue weighted by atomic mass is 35.5. The highest BCUT2D eigenvalue weighted by Crippen LogP contribution is 2.38. The number of rotatable bonds is 6. The predicted octanol–water partition coefficient (Wildman–Crippen LogP) is 5.33. The van der Waals surface area contributed by atoms with Crippen molar-refractivity contribution < 1.29 is 14.5 Å². The van der Waals surface area contributed by atoms with Crippen molar-refractivity contribution in [1.82, 2.24) is 5.43 Å². The van der Waals surface area contributed by atoms with Gasteiger partial charge in [0.2, 0.25) is 0 Å². The third kappa shape index (κ3) is 4.22. The molecule has 0 saturated carbocycles. The van der Waals surface area contributed by atoms with Crippen molar-refractivity contribution in [3.8, 4) is 0 Å². The fourth-order valence-electron chi connectivity index (χ4n) is 4.06. The normalized spacial score (nSPS) is 12.5. The van der Waals surface area contributed by atoms with Gasteiger partial charge in [-0.25, -0.2) is 5.43 Å². The Kier molecular flexibility index (Phi) is 5.72. The van der Waals surface area contributed by atoms with E-state index in [1.54, 1.807) is 35.2 Å². The van der Waals surface area contributed by atoms with E-state index >= 15 is 0 Å². The molecule has 0 fully saturated rings. The molecule has 2 amide bonds. The summed E-state index contributed by atoms with van der Waals surface area (Å²) in [6, 6.07) is 22.7. The van der Waals surface area contributed by atoms with E-state index in [0.717, 1.165) is 22.0 Å². The minimum absolute atomic E-state index is 0.0208. The number of anilines is 1. The first-order chi connectivity index (χ1) is 16.9. The van der Waals surface area contributed by atoms with Crippen molar-refractivity contribution in [3.05, 3.63) is 116 Å². The van der Waals surface area contributed by atoms with Gasteiger partial charge in [0.15, 0.2) is 0 Å². The molecule has 0 saturated heterocycles. The summed E-state index contributed by atoms with van der Waals surface area (Å²) in [5, 5.41) is 16.9. The van der Waals surface area contributed by atoms with Gasteiger partial charge in [0, 0.05) is 28.1 Å². The Morgan fingerprint density at radius 3 is 2.54 bits per heavy atom. The van der Waals surface area contributed by atoms with Gasteiger partial charge in [0.25, 0.3) is 17.5 Å². The molecule has 172 valence electrons. The molecule has 0 radical (unpaired) electrons. The maximum absolute atomic E-state index is 13.0. The van der Waals surface area contributed by atoms with E-state index in [9.17, 15) is 19.7 Å². The first kappa shape index (κ1) is 22.2. The standard InChI is InChI=1S/C26H17ClN4O4/c27-21-12-9-17(13-23(21)31(34)35)14-28-29-25(32)19-10-7-16(8-11-19)15-30-22-6-2-4-18-3-1-5-20(24(18)22)26(30)33/h1-14H,15H2,(H,29,32). The van der Waals surface area contributed by atoms with Crippen molar-refractivity contribution in [2.75, 3.05) is 4.90 Å². The molecule has 0 spiro atoms. The number of hydrogen-bond acceptors (Lipinski definition) is 5. The lowest BCUT2D eigenvalue weighted by atomic mass is 10.1. The Labute approximate surface area is 204 Å². The average Bonchev–Trinajstić information content (AvgIpc) is 3.13. The Bertz CT molecular complexity index is 1530. The molecule has 1 aliphatic rings. The number of carbonyl (C=O) groups excluding carboxylic acids is 2. The predicted molar refractivity (Wildman–Crippen MR) is 134 cm³/mol. The minimum atomic E-state index is -0.589. The number of hydrazone groups is 1. The quantitative estimate of drug-likeness (QED) is 0.227. The number of halogens is 1. The second-order valence-corrected chi connectivity index (χ2v) is 8.34. The van der Waals surface area contributed by atoms with E-state index in [4.69, 9.17) is 11.6 Å². The van der Waals surface area contributed by atoms with Crippen LogP contribution < -0.4 is 10.3 Å². The molecule has 0 bridgehead atoms. The van der Waals surface area contributed by atoms with Gasteiger partial charge in [-0.3, -0.25) is 19.7 Å². The fourth-order valence-corrected chi connectivity index (χ4v) is 4.25. The molecule has 1 aliphatic heterocycles. The molecule has 1 N–H and O–H groups in total. The summed E-state index contributed by atoms with van der Waals surface area (Å²) in [6.45, 7) is 0.377. The fraction of sp³-hybridized carbons (Fsp3) is 0.0385. The lowest BCUT2D eigenvalue weighted by Gasteiger charge is -2.18. The zero-order chi connectivity index (χ0) is 24.5. The first-order valence-electron chi connectivity index (χ1n) is 10.6. The lowest BCUT2D eigenvalue weighted by molar-refractivity contribution is -0.384. The van der Waals surface area contributed by atoms with Crippen LogP contribution in [0.1, 0.15) is 31.8 Å². The summed E-state index contributed by atoms with van der Waals surface area (Å²) in [5.41, 5.74) is 5.40. The van der Waals surface area contributed by atoms with Crippen LogP contribution in [0.4, 0.5) is 11.4 Å². The largest absolute Gasteiger partial charge is 0.303 e. The molecule has 4 aromatic carbocycles. The molecule has 35 heavy (non-hydrogen) atoms. The van der Waals surface area contributed by atoms with Crippen LogP contribution in [-0.2, 0) is 6.54 Å². The molecule has 5 rings (SSSR count). The zero-order valence-corrected chi connectivity index (χ0v) is 18.9. The molecule has 4 aromatic rings. The van der Waals surface area contributed by atoms with Crippen molar-refractivity contribution in [1.29, 1.82) is 0 Å². The highest BCUT2D eigenvalue weighted by Gasteiger charge is 2.29. The third-order valence-electron chi connectivity index (χ3n) is 5.75. The topological polar surface area (TPSA) is 105 Å². The number of nitrogens with zero attached hydrogens (tertiary/aromatic N) is 3. The van der Waals surface area contributed by atoms with E-state index in [1.165, 1.54) is 18.3 Å². The Morgan fingerprint density at radius 1 is 1.06 bits per heavy atom. The average molecular weight is 485 g/mol. The Hall–Kier alpha value is -4.56. The van der Waals surface area contributed by atoms with Crippen LogP contribution in [0.5, 0.6) is 0 Å². The summed E-state index contributed by atoms with van der Waals surface area (Å²) < 4.78 is 0. The molecule has 0 aliphatic carbocycles. The van der Waals surface area contributed by atoms with E-state index in [-0.39, 0.29) is 16.6 Å². The minimum Gasteiger partial charge on any atom is -0.303 e. The molecular weight excluding hydrogens is 468 g/mol. The summed E-state index contributed by atoms with van der Waals surface area (Å²) in [5.74, 6) is -0.485. The van der Waals surface area contributed by atoms with Gasteiger partial charge < -0.3 is 4.90 Å². The van der Waals surface area contributed by atoms with E-state index in [2.05, 4.69) is 10.5 Å². The number of carbonyl (C=O) groups is 2. The Balaban J connectivity index is 1.26. The molecular formula is C26H17ClN4O4. The van der Waals surface area contributed by atoms with Crippen LogP contribution in [0.15, 0.2) is 84.0 Å². The number of nitrogens with one attached hydrogen (secondary N) is 1. The number of hydrogen-bond donors (Lipinski definition) is 1. The number of nitro benzene ring substituents is 1. The van der Waals surface area contributed by atoms with Gasteiger partial charge in [-0.1, -0.05) is 54.1 Å². The summed E-state index contributed by atoms with van der Waals surface area (Å²) in [4.78, 5) is 37.5. The van der Waals surface area contributed by atoms with Gasteiger partial charge >= 0.3 is 0 Å². The summed E-state index contributed by atoms with van der Waals surface area (Å²) in [6.07, 6.45) is 1.30. The summed E-state index contributed by atoms with van der Waals surface area (Å²) >= 11 is 5.80. The van der Waals surface area contributed by atoms with Gasteiger partial charge in [-0.15, -0.1) is 0 Å². The van der Waals surface area contributed by atoms with Crippen molar-refractivity contribution in [2.24, 2.45) is 5.10 Å². The van der Waals surface area contributed by atoms with Crippen LogP contribution in [-0.4, -0.2) is 23.0 Å². The highest BCUT2D eigenvalue weighted by molar-refractivity contribution is 6.32. The van der Waals surface area contributed by atoms with Gasteiger partial charge in [-0.2, -0.15) is 5.10 Å². The van der Waals surface area contributed by atoms with Crippen LogP contribution in [0.25, 0.3) is 10.8 Å². The molecule has 9 heteroatoms. The van der Waals surface area contributed by atoms with Crippen LogP contribution in [0.3, 0.4) is 0 Å². The van der Waals surface area contributed by atoms with Gasteiger partial charge in [-0.05, 0) is 41.3 Å². The molecule has 0 aromatic heterocycles. The second kappa shape index (κ2) is 9.00. The van der Waals surface area contributed by atoms with Gasteiger partial charge in [0.05, 0.1) is 23.4 Å². The van der Waals surface area contributed by atoms with Crippen molar-refractivity contribution in [2.45, 2.75) is 6.54 Å². The number of nitro groups is 1. The van der Waals surface area contributed by atoms with E-state index in [1.807, 2.05) is 36.4 Å². The third-order valence-corrected chi connectivity index (χ3v) is 6.07. The zero-order valence-electron chi connectivity index (χ0n) is 18.1. The van der Waals surface area contributed by atoms with Crippen LogP contribution >= 0.6 is 11.6 Å². The Morgan fingerprint density at radius 2 is 1.80 bits per heavy atom. The smallest absolute Gasteiger partial charge is 0.288 e.